The molecule has 3 N–H and O–H groups in total. The summed E-state index contributed by atoms with van der Waals surface area (Å²) < 4.78 is 5.45. The minimum absolute atomic E-state index is 0.0542. The van der Waals surface area contributed by atoms with E-state index in [2.05, 4.69) is 16.0 Å². The van der Waals surface area contributed by atoms with E-state index in [1.807, 2.05) is 19.1 Å². The summed E-state index contributed by atoms with van der Waals surface area (Å²) in [4.78, 5) is 23.8. The predicted molar refractivity (Wildman–Crippen MR) is 106 cm³/mol. The Morgan fingerprint density at radius 2 is 1.77 bits per heavy atom. The number of benzene rings is 2. The lowest BCUT2D eigenvalue weighted by Gasteiger charge is -2.12. The number of likely N-dealkylation sites (N-methyl/N-ethyl adjacent to an activating group) is 1. The van der Waals surface area contributed by atoms with Crippen molar-refractivity contribution in [2.75, 3.05) is 19.0 Å². The summed E-state index contributed by atoms with van der Waals surface area (Å²) in [6, 6.07) is 14.2. The number of ether oxygens (including phenoxy) is 1. The fourth-order valence-corrected chi connectivity index (χ4v) is 2.46. The number of rotatable bonds is 6. The van der Waals surface area contributed by atoms with Gasteiger partial charge >= 0.3 is 0 Å². The van der Waals surface area contributed by atoms with Crippen LogP contribution in [-0.4, -0.2) is 30.6 Å². The maximum atomic E-state index is 12.4. The lowest BCUT2D eigenvalue weighted by molar-refractivity contribution is -0.119. The molecule has 0 atom stereocenters. The van der Waals surface area contributed by atoms with E-state index in [-0.39, 0.29) is 16.9 Å². The molecule has 2 amide bonds. The zero-order chi connectivity index (χ0) is 18.9. The van der Waals surface area contributed by atoms with Crippen molar-refractivity contribution in [3.05, 3.63) is 59.7 Å². The van der Waals surface area contributed by atoms with Crippen molar-refractivity contribution in [2.45, 2.75) is 13.3 Å². The predicted octanol–water partition coefficient (Wildman–Crippen LogP) is 2.50. The Morgan fingerprint density at radius 3 is 2.42 bits per heavy atom. The number of amides is 2. The van der Waals surface area contributed by atoms with Gasteiger partial charge in [0.15, 0.2) is 5.11 Å². The maximum Gasteiger partial charge on any atom is 0.261 e. The van der Waals surface area contributed by atoms with E-state index in [0.717, 1.165) is 5.56 Å². The van der Waals surface area contributed by atoms with Crippen LogP contribution in [0.4, 0.5) is 5.69 Å². The number of anilines is 1. The van der Waals surface area contributed by atoms with Crippen molar-refractivity contribution in [3.8, 4) is 5.75 Å². The lowest BCUT2D eigenvalue weighted by Crippen LogP contribution is -2.34. The first-order chi connectivity index (χ1) is 12.5. The zero-order valence-corrected chi connectivity index (χ0v) is 15.5. The first kappa shape index (κ1) is 19.4. The molecule has 0 saturated heterocycles. The van der Waals surface area contributed by atoms with Gasteiger partial charge in [-0.05, 0) is 49.0 Å². The molecule has 0 aliphatic carbocycles. The highest BCUT2D eigenvalue weighted by Crippen LogP contribution is 2.18. The molecule has 2 aromatic carbocycles. The molecule has 0 aromatic heterocycles. The fraction of sp³-hybridized carbons (Fsp3) is 0.211. The molecule has 6 nitrogen and oxygen atoms in total. The van der Waals surface area contributed by atoms with Gasteiger partial charge in [-0.1, -0.05) is 24.3 Å². The van der Waals surface area contributed by atoms with Crippen LogP contribution in [0, 0.1) is 0 Å². The van der Waals surface area contributed by atoms with Crippen LogP contribution in [0.5, 0.6) is 5.75 Å². The third kappa shape index (κ3) is 5.56. The standard InChI is InChI=1S/C19H21N3O3S/c1-3-25-16-7-5-4-6-15(16)18(24)22-19(26)21-14-10-8-13(9-11-14)12-17(23)20-2/h4-11H,3,12H2,1-2H3,(H,20,23)(H2,21,22,24,26). The molecule has 2 aromatic rings. The van der Waals surface area contributed by atoms with Crippen LogP contribution in [0.2, 0.25) is 0 Å². The van der Waals surface area contributed by atoms with E-state index >= 15 is 0 Å². The molecule has 26 heavy (non-hydrogen) atoms. The van der Waals surface area contributed by atoms with Gasteiger partial charge < -0.3 is 15.4 Å². The van der Waals surface area contributed by atoms with E-state index in [9.17, 15) is 9.59 Å². The Balaban J connectivity index is 1.96. The number of carbonyl (C=O) groups excluding carboxylic acids is 2. The van der Waals surface area contributed by atoms with Crippen LogP contribution in [0.1, 0.15) is 22.8 Å². The first-order valence-corrected chi connectivity index (χ1v) is 8.58. The largest absolute Gasteiger partial charge is 0.493 e. The van der Waals surface area contributed by atoms with Crippen LogP contribution >= 0.6 is 12.2 Å². The molecule has 0 fully saturated rings. The Morgan fingerprint density at radius 1 is 1.08 bits per heavy atom. The summed E-state index contributed by atoms with van der Waals surface area (Å²) in [6.45, 7) is 2.32. The third-order valence-electron chi connectivity index (χ3n) is 3.51. The van der Waals surface area contributed by atoms with Crippen molar-refractivity contribution in [2.24, 2.45) is 0 Å². The van der Waals surface area contributed by atoms with Gasteiger partial charge in [-0.2, -0.15) is 0 Å². The maximum absolute atomic E-state index is 12.4. The molecular formula is C19H21N3O3S. The van der Waals surface area contributed by atoms with E-state index in [1.165, 1.54) is 0 Å². The Kier molecular flexibility index (Phi) is 7.11. The van der Waals surface area contributed by atoms with Crippen LogP contribution in [0.15, 0.2) is 48.5 Å². The Bertz CT molecular complexity index is 791. The molecule has 0 saturated carbocycles. The van der Waals surface area contributed by atoms with Crippen molar-refractivity contribution < 1.29 is 14.3 Å². The van der Waals surface area contributed by atoms with Crippen molar-refractivity contribution >= 4 is 34.8 Å². The highest BCUT2D eigenvalue weighted by molar-refractivity contribution is 7.80. The zero-order valence-electron chi connectivity index (χ0n) is 14.7. The van der Waals surface area contributed by atoms with Crippen molar-refractivity contribution in [3.63, 3.8) is 0 Å². The molecule has 0 spiro atoms. The molecule has 0 unspecified atom stereocenters. The normalized spacial score (nSPS) is 9.92. The van der Waals surface area contributed by atoms with E-state index in [4.69, 9.17) is 17.0 Å². The fourth-order valence-electron chi connectivity index (χ4n) is 2.25. The van der Waals surface area contributed by atoms with Crippen LogP contribution in [-0.2, 0) is 11.2 Å². The molecule has 136 valence electrons. The first-order valence-electron chi connectivity index (χ1n) is 8.17. The summed E-state index contributed by atoms with van der Waals surface area (Å²) in [7, 11) is 1.60. The lowest BCUT2D eigenvalue weighted by atomic mass is 10.1. The highest BCUT2D eigenvalue weighted by Gasteiger charge is 2.13. The van der Waals surface area contributed by atoms with E-state index in [1.54, 1.807) is 43.4 Å². The average Bonchev–Trinajstić information content (AvgIpc) is 2.63. The molecule has 0 aliphatic heterocycles. The van der Waals surface area contributed by atoms with E-state index < -0.39 is 0 Å². The Labute approximate surface area is 157 Å². The van der Waals surface area contributed by atoms with Crippen LogP contribution in [0.25, 0.3) is 0 Å². The van der Waals surface area contributed by atoms with Crippen molar-refractivity contribution in [1.29, 1.82) is 0 Å². The van der Waals surface area contributed by atoms with Gasteiger partial charge in [0.1, 0.15) is 5.75 Å². The Hall–Kier alpha value is -2.93. The second-order valence-electron chi connectivity index (χ2n) is 5.38. The number of thiocarbonyl (C=S) groups is 1. The van der Waals surface area contributed by atoms with Gasteiger partial charge in [0, 0.05) is 12.7 Å². The molecule has 0 bridgehead atoms. The molecule has 0 aliphatic rings. The van der Waals surface area contributed by atoms with Gasteiger partial charge in [-0.25, -0.2) is 0 Å². The number of hydrogen-bond donors (Lipinski definition) is 3. The quantitative estimate of drug-likeness (QED) is 0.680. The molecule has 0 heterocycles. The smallest absolute Gasteiger partial charge is 0.261 e. The van der Waals surface area contributed by atoms with Gasteiger partial charge in [-0.15, -0.1) is 0 Å². The second-order valence-corrected chi connectivity index (χ2v) is 5.79. The van der Waals surface area contributed by atoms with Gasteiger partial charge in [0.25, 0.3) is 5.91 Å². The van der Waals surface area contributed by atoms with Gasteiger partial charge in [0.05, 0.1) is 18.6 Å². The van der Waals surface area contributed by atoms with Crippen LogP contribution < -0.4 is 20.7 Å². The number of hydrogen-bond acceptors (Lipinski definition) is 4. The summed E-state index contributed by atoms with van der Waals surface area (Å²) in [5.41, 5.74) is 2.02. The van der Waals surface area contributed by atoms with Crippen LogP contribution in [0.3, 0.4) is 0 Å². The number of carbonyl (C=O) groups is 2. The molecule has 0 radical (unpaired) electrons. The van der Waals surface area contributed by atoms with E-state index in [0.29, 0.717) is 30.0 Å². The van der Waals surface area contributed by atoms with Crippen molar-refractivity contribution in [1.82, 2.24) is 10.6 Å². The summed E-state index contributed by atoms with van der Waals surface area (Å²) >= 11 is 5.19. The summed E-state index contributed by atoms with van der Waals surface area (Å²) in [6.07, 6.45) is 0.312. The molecular weight excluding hydrogens is 350 g/mol. The third-order valence-corrected chi connectivity index (χ3v) is 3.72. The number of para-hydroxylation sites is 1. The van der Waals surface area contributed by atoms with Gasteiger partial charge in [-0.3, -0.25) is 14.9 Å². The minimum Gasteiger partial charge on any atom is -0.493 e. The highest BCUT2D eigenvalue weighted by atomic mass is 32.1. The van der Waals surface area contributed by atoms with Gasteiger partial charge in [0.2, 0.25) is 5.91 Å². The topological polar surface area (TPSA) is 79.5 Å². The SMILES string of the molecule is CCOc1ccccc1C(=O)NC(=S)Nc1ccc(CC(=O)NC)cc1. The monoisotopic (exact) mass is 371 g/mol. The molecule has 2 rings (SSSR count). The average molecular weight is 371 g/mol. The summed E-state index contributed by atoms with van der Waals surface area (Å²) in [5, 5.41) is 8.34. The minimum atomic E-state index is -0.345. The second kappa shape index (κ2) is 9.53. The molecule has 7 heteroatoms. The number of nitrogens with one attached hydrogen (secondary N) is 3. The summed E-state index contributed by atoms with van der Waals surface area (Å²) in [5.74, 6) is 0.109.